The van der Waals surface area contributed by atoms with Crippen LogP contribution in [0.2, 0.25) is 0 Å². The Kier molecular flexibility index (Phi) is 4.73. The van der Waals surface area contributed by atoms with Gasteiger partial charge in [0.1, 0.15) is 5.75 Å². The van der Waals surface area contributed by atoms with Gasteiger partial charge in [0.2, 0.25) is 5.91 Å². The number of carbonyl (C=O) groups excluding carboxylic acids is 1. The third kappa shape index (κ3) is 3.09. The monoisotopic (exact) mass is 328 g/mol. The van der Waals surface area contributed by atoms with Crippen LogP contribution in [-0.4, -0.2) is 42.2 Å². The van der Waals surface area contributed by atoms with Gasteiger partial charge in [-0.25, -0.2) is 0 Å². The van der Waals surface area contributed by atoms with Crippen LogP contribution in [0.3, 0.4) is 0 Å². The molecule has 3 atom stereocenters. The molecule has 0 spiro atoms. The first kappa shape index (κ1) is 16.7. The molecule has 5 nitrogen and oxygen atoms in total. The van der Waals surface area contributed by atoms with Gasteiger partial charge in [0.15, 0.2) is 0 Å². The molecular weight excluding hydrogens is 304 g/mol. The maximum absolute atomic E-state index is 12.6. The van der Waals surface area contributed by atoms with Crippen LogP contribution in [0.4, 0.5) is 0 Å². The molecule has 0 unspecified atom stereocenters. The molecule has 3 N–H and O–H groups in total. The average molecular weight is 328 g/mol. The summed E-state index contributed by atoms with van der Waals surface area (Å²) in [5, 5.41) is 11.9. The van der Waals surface area contributed by atoms with Crippen molar-refractivity contribution in [3.63, 3.8) is 0 Å². The Bertz CT molecular complexity index is 736. The summed E-state index contributed by atoms with van der Waals surface area (Å²) in [6, 6.07) is 11.7. The molecule has 24 heavy (non-hydrogen) atoms. The molecular formula is C19H24N2O3. The van der Waals surface area contributed by atoms with Gasteiger partial charge in [-0.05, 0) is 29.9 Å². The molecule has 0 bridgehead atoms. The lowest BCUT2D eigenvalue weighted by molar-refractivity contribution is -0.134. The second-order valence-corrected chi connectivity index (χ2v) is 6.57. The summed E-state index contributed by atoms with van der Waals surface area (Å²) in [5.74, 6) is 0.680. The molecule has 0 aromatic heterocycles. The van der Waals surface area contributed by atoms with E-state index in [-0.39, 0.29) is 17.9 Å². The van der Waals surface area contributed by atoms with Crippen molar-refractivity contribution in [3.05, 3.63) is 42.0 Å². The van der Waals surface area contributed by atoms with Crippen molar-refractivity contribution in [2.24, 2.45) is 11.7 Å². The molecule has 2 aromatic rings. The summed E-state index contributed by atoms with van der Waals surface area (Å²) in [6.07, 6.45) is 0.427. The number of benzene rings is 2. The third-order valence-corrected chi connectivity index (χ3v) is 4.90. The van der Waals surface area contributed by atoms with E-state index in [9.17, 15) is 9.90 Å². The van der Waals surface area contributed by atoms with E-state index in [1.807, 2.05) is 36.4 Å². The van der Waals surface area contributed by atoms with E-state index in [1.165, 1.54) is 0 Å². The summed E-state index contributed by atoms with van der Waals surface area (Å²) in [4.78, 5) is 14.4. The Balaban J connectivity index is 1.81. The van der Waals surface area contributed by atoms with Crippen molar-refractivity contribution >= 4 is 16.7 Å². The fraction of sp³-hybridized carbons (Fsp3) is 0.421. The minimum Gasteiger partial charge on any atom is -0.496 e. The van der Waals surface area contributed by atoms with Crippen LogP contribution in [0, 0.1) is 5.92 Å². The Morgan fingerprint density at radius 3 is 2.58 bits per heavy atom. The van der Waals surface area contributed by atoms with Gasteiger partial charge in [-0.2, -0.15) is 0 Å². The Morgan fingerprint density at radius 2 is 1.96 bits per heavy atom. The minimum absolute atomic E-state index is 0.0434. The summed E-state index contributed by atoms with van der Waals surface area (Å²) in [7, 11) is 3.46. The molecule has 1 saturated carbocycles. The van der Waals surface area contributed by atoms with E-state index in [2.05, 4.69) is 0 Å². The van der Waals surface area contributed by atoms with Crippen LogP contribution in [0.1, 0.15) is 18.4 Å². The number of nitrogens with two attached hydrogens (primary N) is 1. The number of fused-ring (bicyclic) bond motifs is 1. The summed E-state index contributed by atoms with van der Waals surface area (Å²) in [6.45, 7) is 0.519. The molecule has 128 valence electrons. The lowest BCUT2D eigenvalue weighted by atomic mass is 10.0. The minimum atomic E-state index is -0.575. The Morgan fingerprint density at radius 1 is 1.25 bits per heavy atom. The normalized spacial score (nSPS) is 23.4. The largest absolute Gasteiger partial charge is 0.496 e. The van der Waals surface area contributed by atoms with Gasteiger partial charge < -0.3 is 20.5 Å². The van der Waals surface area contributed by atoms with Crippen LogP contribution in [0.5, 0.6) is 5.75 Å². The first-order valence-corrected chi connectivity index (χ1v) is 8.24. The predicted octanol–water partition coefficient (Wildman–Crippen LogP) is 1.90. The number of aliphatic hydroxyl groups is 1. The van der Waals surface area contributed by atoms with E-state index in [0.29, 0.717) is 19.4 Å². The molecule has 0 heterocycles. The van der Waals surface area contributed by atoms with Crippen molar-refractivity contribution in [2.45, 2.75) is 31.5 Å². The van der Waals surface area contributed by atoms with Crippen LogP contribution < -0.4 is 10.5 Å². The highest BCUT2D eigenvalue weighted by Crippen LogP contribution is 2.30. The molecule has 0 saturated heterocycles. The smallest absolute Gasteiger partial charge is 0.225 e. The molecule has 1 aliphatic rings. The molecule has 1 aliphatic carbocycles. The number of hydrogen-bond donors (Lipinski definition) is 2. The number of ether oxygens (including phenoxy) is 1. The molecule has 1 fully saturated rings. The van der Waals surface area contributed by atoms with Gasteiger partial charge in [0.25, 0.3) is 0 Å². The van der Waals surface area contributed by atoms with Gasteiger partial charge in [0.05, 0.1) is 13.2 Å². The predicted molar refractivity (Wildman–Crippen MR) is 93.7 cm³/mol. The van der Waals surface area contributed by atoms with Crippen molar-refractivity contribution in [3.8, 4) is 5.75 Å². The van der Waals surface area contributed by atoms with E-state index in [1.54, 1.807) is 19.1 Å². The number of methoxy groups -OCH3 is 1. The zero-order valence-electron chi connectivity index (χ0n) is 14.1. The number of rotatable bonds is 4. The highest BCUT2D eigenvalue weighted by molar-refractivity contribution is 5.91. The zero-order valence-corrected chi connectivity index (χ0v) is 14.1. The molecule has 3 rings (SSSR count). The molecule has 0 radical (unpaired) electrons. The number of hydrogen-bond acceptors (Lipinski definition) is 4. The maximum Gasteiger partial charge on any atom is 0.225 e. The van der Waals surface area contributed by atoms with Crippen molar-refractivity contribution in [1.82, 2.24) is 4.90 Å². The van der Waals surface area contributed by atoms with Crippen molar-refractivity contribution < 1.29 is 14.6 Å². The zero-order chi connectivity index (χ0) is 17.3. The molecule has 5 heteroatoms. The first-order valence-electron chi connectivity index (χ1n) is 8.24. The summed E-state index contributed by atoms with van der Waals surface area (Å²) < 4.78 is 5.42. The standard InChI is InChI=1S/C19H24N2O3/c1-21(19(23)13-9-16(20)17(22)10-13)11-12-7-8-18(24-2)15-6-4-3-5-14(12)15/h3-8,13,16-17,22H,9-11,20H2,1-2H3/t13-,16+,17+/m0/s1. The third-order valence-electron chi connectivity index (χ3n) is 4.90. The fourth-order valence-corrected chi connectivity index (χ4v) is 3.54. The maximum atomic E-state index is 12.6. The van der Waals surface area contributed by atoms with Gasteiger partial charge in [0, 0.05) is 30.9 Å². The second kappa shape index (κ2) is 6.79. The van der Waals surface area contributed by atoms with E-state index in [0.717, 1.165) is 22.1 Å². The highest BCUT2D eigenvalue weighted by Gasteiger charge is 2.36. The SMILES string of the molecule is COc1ccc(CN(C)C(=O)[C@H]2C[C@@H](N)[C@H](O)C2)c2ccccc12. The average Bonchev–Trinajstić information content (AvgIpc) is 2.93. The lowest BCUT2D eigenvalue weighted by Crippen LogP contribution is -2.32. The van der Waals surface area contributed by atoms with Crippen LogP contribution in [0.25, 0.3) is 10.8 Å². The summed E-state index contributed by atoms with van der Waals surface area (Å²) in [5.41, 5.74) is 6.91. The number of amides is 1. The molecule has 0 aliphatic heterocycles. The number of carbonyl (C=O) groups is 1. The van der Waals surface area contributed by atoms with Gasteiger partial charge in [-0.3, -0.25) is 4.79 Å². The number of aliphatic hydroxyl groups excluding tert-OH is 1. The van der Waals surface area contributed by atoms with E-state index in [4.69, 9.17) is 10.5 Å². The van der Waals surface area contributed by atoms with Crippen LogP contribution in [0.15, 0.2) is 36.4 Å². The van der Waals surface area contributed by atoms with E-state index >= 15 is 0 Å². The highest BCUT2D eigenvalue weighted by atomic mass is 16.5. The van der Waals surface area contributed by atoms with Gasteiger partial charge in [-0.15, -0.1) is 0 Å². The summed E-state index contributed by atoms with van der Waals surface area (Å²) >= 11 is 0. The van der Waals surface area contributed by atoms with Gasteiger partial charge >= 0.3 is 0 Å². The fourth-order valence-electron chi connectivity index (χ4n) is 3.54. The Hall–Kier alpha value is -2.11. The van der Waals surface area contributed by atoms with Crippen molar-refractivity contribution in [1.29, 1.82) is 0 Å². The van der Waals surface area contributed by atoms with Crippen LogP contribution >= 0.6 is 0 Å². The lowest BCUT2D eigenvalue weighted by Gasteiger charge is -2.22. The van der Waals surface area contributed by atoms with Crippen LogP contribution in [-0.2, 0) is 11.3 Å². The first-order chi connectivity index (χ1) is 11.5. The van der Waals surface area contributed by atoms with Gasteiger partial charge in [-0.1, -0.05) is 30.3 Å². The topological polar surface area (TPSA) is 75.8 Å². The molecule has 1 amide bonds. The quantitative estimate of drug-likeness (QED) is 0.899. The number of nitrogens with zero attached hydrogens (tertiary/aromatic N) is 1. The van der Waals surface area contributed by atoms with E-state index < -0.39 is 6.10 Å². The molecule has 2 aromatic carbocycles. The second-order valence-electron chi connectivity index (χ2n) is 6.57. The Labute approximate surface area is 142 Å². The van der Waals surface area contributed by atoms with Crippen molar-refractivity contribution in [2.75, 3.05) is 14.2 Å².